The zero-order chi connectivity index (χ0) is 18.5. The van der Waals surface area contributed by atoms with Crippen molar-refractivity contribution in [3.63, 3.8) is 0 Å². The van der Waals surface area contributed by atoms with Crippen molar-refractivity contribution in [2.24, 2.45) is 5.92 Å². The van der Waals surface area contributed by atoms with E-state index < -0.39 is 0 Å². The molecular formula is C22H26N2O2. The predicted octanol–water partition coefficient (Wildman–Crippen LogP) is 3.96. The molecule has 1 unspecified atom stereocenters. The molecule has 0 saturated heterocycles. The number of aryl methyl sites for hydroxylation is 2. The van der Waals surface area contributed by atoms with Gasteiger partial charge < -0.3 is 9.64 Å². The summed E-state index contributed by atoms with van der Waals surface area (Å²) in [5.74, 6) is 1.23. The van der Waals surface area contributed by atoms with E-state index in [0.29, 0.717) is 6.61 Å². The van der Waals surface area contributed by atoms with Gasteiger partial charge >= 0.3 is 0 Å². The highest BCUT2D eigenvalue weighted by Crippen LogP contribution is 2.61. The number of hydrogen-bond acceptors (Lipinski definition) is 3. The summed E-state index contributed by atoms with van der Waals surface area (Å²) in [5.41, 5.74) is 4.62. The van der Waals surface area contributed by atoms with Crippen molar-refractivity contribution in [1.29, 1.82) is 0 Å². The van der Waals surface area contributed by atoms with Crippen molar-refractivity contribution in [3.8, 4) is 5.75 Å². The molecule has 2 aliphatic rings. The Balaban J connectivity index is 1.59. The lowest BCUT2D eigenvalue weighted by Gasteiger charge is -2.30. The molecule has 1 amide bonds. The summed E-state index contributed by atoms with van der Waals surface area (Å²) in [6.45, 7) is 6.98. The van der Waals surface area contributed by atoms with Gasteiger partial charge in [0.1, 0.15) is 5.75 Å². The van der Waals surface area contributed by atoms with Crippen LogP contribution in [0.2, 0.25) is 0 Å². The van der Waals surface area contributed by atoms with Gasteiger partial charge in [-0.05, 0) is 62.9 Å². The molecule has 2 aromatic rings. The van der Waals surface area contributed by atoms with E-state index in [1.807, 2.05) is 37.1 Å². The number of benzene rings is 1. The highest BCUT2D eigenvalue weighted by Gasteiger charge is 2.61. The molecule has 4 nitrogen and oxygen atoms in total. The summed E-state index contributed by atoms with van der Waals surface area (Å²) in [4.78, 5) is 19.5. The van der Waals surface area contributed by atoms with Gasteiger partial charge in [-0.3, -0.25) is 9.78 Å². The average molecular weight is 350 g/mol. The molecular weight excluding hydrogens is 324 g/mol. The number of hydrogen-bond donors (Lipinski definition) is 0. The van der Waals surface area contributed by atoms with Crippen LogP contribution in [-0.4, -0.2) is 29.4 Å². The third-order valence-electron chi connectivity index (χ3n) is 6.36. The van der Waals surface area contributed by atoms with Gasteiger partial charge in [-0.25, -0.2) is 0 Å². The minimum Gasteiger partial charge on any atom is -0.493 e. The smallest absolute Gasteiger partial charge is 0.226 e. The Labute approximate surface area is 155 Å². The van der Waals surface area contributed by atoms with Crippen LogP contribution in [0, 0.1) is 19.8 Å². The van der Waals surface area contributed by atoms with E-state index in [0.717, 1.165) is 24.3 Å². The second-order valence-electron chi connectivity index (χ2n) is 7.82. The fraction of sp³-hybridized carbons (Fsp3) is 0.455. The van der Waals surface area contributed by atoms with Gasteiger partial charge in [0.2, 0.25) is 5.91 Å². The summed E-state index contributed by atoms with van der Waals surface area (Å²) in [5, 5.41) is 0. The van der Waals surface area contributed by atoms with Gasteiger partial charge in [0.05, 0.1) is 18.3 Å². The predicted molar refractivity (Wildman–Crippen MR) is 101 cm³/mol. The van der Waals surface area contributed by atoms with Crippen LogP contribution in [-0.2, 0) is 10.2 Å². The van der Waals surface area contributed by atoms with Gasteiger partial charge in [0, 0.05) is 30.1 Å². The van der Waals surface area contributed by atoms with Crippen molar-refractivity contribution >= 4 is 5.91 Å². The first-order chi connectivity index (χ1) is 12.4. The number of rotatable bonds is 3. The molecule has 0 radical (unpaired) electrons. The lowest BCUT2D eigenvalue weighted by molar-refractivity contribution is -0.133. The first-order valence-electron chi connectivity index (χ1n) is 9.36. The first-order valence-corrected chi connectivity index (χ1v) is 9.36. The van der Waals surface area contributed by atoms with Gasteiger partial charge in [-0.1, -0.05) is 12.1 Å². The van der Waals surface area contributed by atoms with Crippen LogP contribution in [0.4, 0.5) is 0 Å². The van der Waals surface area contributed by atoms with Gasteiger partial charge in [-0.15, -0.1) is 0 Å². The number of ether oxygens (including phenoxy) is 1. The van der Waals surface area contributed by atoms with E-state index in [9.17, 15) is 4.79 Å². The highest BCUT2D eigenvalue weighted by atomic mass is 16.5. The topological polar surface area (TPSA) is 42.4 Å². The van der Waals surface area contributed by atoms with Crippen LogP contribution in [0.5, 0.6) is 5.75 Å². The summed E-state index contributed by atoms with van der Waals surface area (Å²) in [6, 6.07) is 10.2. The molecule has 0 bridgehead atoms. The normalized spacial score (nSPS) is 24.5. The molecule has 3 atom stereocenters. The fourth-order valence-electron chi connectivity index (χ4n) is 4.24. The number of fused-ring (bicyclic) bond motifs is 2. The Hall–Kier alpha value is -2.36. The molecule has 1 aromatic carbocycles. The van der Waals surface area contributed by atoms with Crippen molar-refractivity contribution in [2.45, 2.75) is 45.1 Å². The molecule has 1 fully saturated rings. The van der Waals surface area contributed by atoms with Gasteiger partial charge in [-0.2, -0.15) is 0 Å². The minimum atomic E-state index is -0.0405. The van der Waals surface area contributed by atoms with Crippen LogP contribution in [0.15, 0.2) is 36.5 Å². The molecule has 0 N–H and O–H groups in total. The Kier molecular flexibility index (Phi) is 4.02. The molecule has 26 heavy (non-hydrogen) atoms. The maximum Gasteiger partial charge on any atom is 0.226 e. The molecule has 4 heteroatoms. The molecule has 4 rings (SSSR count). The van der Waals surface area contributed by atoms with Crippen LogP contribution >= 0.6 is 0 Å². The van der Waals surface area contributed by atoms with E-state index in [1.165, 1.54) is 16.7 Å². The van der Waals surface area contributed by atoms with Crippen molar-refractivity contribution in [3.05, 3.63) is 58.9 Å². The van der Waals surface area contributed by atoms with E-state index in [-0.39, 0.29) is 23.3 Å². The molecule has 2 heterocycles. The number of amides is 1. The minimum absolute atomic E-state index is 0.0274. The Morgan fingerprint density at radius 2 is 2.08 bits per heavy atom. The average Bonchev–Trinajstić information content (AvgIpc) is 3.37. The summed E-state index contributed by atoms with van der Waals surface area (Å²) in [7, 11) is 1.90. The monoisotopic (exact) mass is 350 g/mol. The largest absolute Gasteiger partial charge is 0.493 e. The number of aromatic nitrogens is 1. The molecule has 136 valence electrons. The molecule has 1 aliphatic heterocycles. The van der Waals surface area contributed by atoms with Crippen LogP contribution in [0.25, 0.3) is 0 Å². The molecule has 1 saturated carbocycles. The Morgan fingerprint density at radius 3 is 2.81 bits per heavy atom. The van der Waals surface area contributed by atoms with Crippen LogP contribution in [0.3, 0.4) is 0 Å². The number of nitrogens with zero attached hydrogens (tertiary/aromatic N) is 2. The molecule has 1 spiro atoms. The quantitative estimate of drug-likeness (QED) is 0.841. The zero-order valence-electron chi connectivity index (χ0n) is 16.0. The maximum atomic E-state index is 13.2. The summed E-state index contributed by atoms with van der Waals surface area (Å²) in [6.07, 6.45) is 3.62. The van der Waals surface area contributed by atoms with E-state index in [1.54, 1.807) is 6.20 Å². The number of pyridine rings is 1. The molecule has 1 aliphatic carbocycles. The van der Waals surface area contributed by atoms with Gasteiger partial charge in [0.15, 0.2) is 0 Å². The van der Waals surface area contributed by atoms with E-state index >= 15 is 0 Å². The Morgan fingerprint density at radius 1 is 1.31 bits per heavy atom. The fourth-order valence-corrected chi connectivity index (χ4v) is 4.24. The van der Waals surface area contributed by atoms with E-state index in [2.05, 4.69) is 31.0 Å². The standard InChI is InChI=1S/C22H26N2O2/c1-14-11-17-20(12-15(14)2)26-10-8-22(17)13-18(22)21(25)24(4)16(3)19-7-5-6-9-23-19/h5-7,9,11-12,16,18H,8,10,13H2,1-4H3/t16?,18-,22-/m0/s1. The highest BCUT2D eigenvalue weighted by molar-refractivity contribution is 5.85. The van der Waals surface area contributed by atoms with Crippen molar-refractivity contribution < 1.29 is 9.53 Å². The van der Waals surface area contributed by atoms with Crippen LogP contribution in [0.1, 0.15) is 48.2 Å². The van der Waals surface area contributed by atoms with Gasteiger partial charge in [0.25, 0.3) is 0 Å². The van der Waals surface area contributed by atoms with Crippen molar-refractivity contribution in [2.75, 3.05) is 13.7 Å². The number of carbonyl (C=O) groups excluding carboxylic acids is 1. The number of carbonyl (C=O) groups is 1. The second kappa shape index (κ2) is 6.11. The SMILES string of the molecule is Cc1cc2c(cc1C)[C@]1(CCO2)C[C@H]1C(=O)N(C)C(C)c1ccccn1. The summed E-state index contributed by atoms with van der Waals surface area (Å²) >= 11 is 0. The summed E-state index contributed by atoms with van der Waals surface area (Å²) < 4.78 is 5.91. The zero-order valence-corrected chi connectivity index (χ0v) is 16.0. The lowest BCUT2D eigenvalue weighted by atomic mass is 9.85. The third-order valence-corrected chi connectivity index (χ3v) is 6.36. The lowest BCUT2D eigenvalue weighted by Crippen LogP contribution is -2.34. The molecule has 1 aromatic heterocycles. The maximum absolute atomic E-state index is 13.2. The third kappa shape index (κ3) is 2.59. The second-order valence-corrected chi connectivity index (χ2v) is 7.82. The van der Waals surface area contributed by atoms with Crippen molar-refractivity contribution in [1.82, 2.24) is 9.88 Å². The first kappa shape index (κ1) is 17.1. The van der Waals surface area contributed by atoms with Crippen LogP contribution < -0.4 is 4.74 Å². The van der Waals surface area contributed by atoms with E-state index in [4.69, 9.17) is 4.74 Å². The Bertz CT molecular complexity index is 849.